The molecule has 0 bridgehead atoms. The molecule has 1 amide bonds. The number of thioether (sulfide) groups is 1. The third-order valence-electron chi connectivity index (χ3n) is 4.49. The van der Waals surface area contributed by atoms with Gasteiger partial charge in [-0.25, -0.2) is 4.98 Å². The van der Waals surface area contributed by atoms with Crippen LogP contribution in [0.15, 0.2) is 70.8 Å². The van der Waals surface area contributed by atoms with Crippen LogP contribution < -0.4 is 15.6 Å². The predicted molar refractivity (Wildman–Crippen MR) is 127 cm³/mol. The van der Waals surface area contributed by atoms with E-state index < -0.39 is 0 Å². The standard InChI is InChI=1S/C23H21N3O3S2/c27-20(24-11-12-29-17-9-5-2-6-10-17)15-30-14-19-25-22(28)21-18(13-31-23(21)26-19)16-7-3-1-4-8-16/h1-10,13H,11-12,14-15H2,(H,24,27)(H,25,26,28). The van der Waals surface area contributed by atoms with Crippen LogP contribution in [-0.2, 0) is 10.5 Å². The van der Waals surface area contributed by atoms with Gasteiger partial charge in [0.1, 0.15) is 23.0 Å². The molecule has 0 saturated carbocycles. The monoisotopic (exact) mass is 451 g/mol. The molecule has 31 heavy (non-hydrogen) atoms. The lowest BCUT2D eigenvalue weighted by atomic mass is 10.1. The van der Waals surface area contributed by atoms with Crippen LogP contribution in [0.4, 0.5) is 0 Å². The molecule has 0 aliphatic heterocycles. The van der Waals surface area contributed by atoms with E-state index in [1.165, 1.54) is 23.1 Å². The van der Waals surface area contributed by atoms with Crippen LogP contribution in [0.5, 0.6) is 5.75 Å². The fraction of sp³-hybridized carbons (Fsp3) is 0.174. The number of para-hydroxylation sites is 1. The van der Waals surface area contributed by atoms with E-state index in [2.05, 4.69) is 15.3 Å². The first-order valence-electron chi connectivity index (χ1n) is 9.79. The largest absolute Gasteiger partial charge is 0.492 e. The number of H-pyrrole nitrogens is 1. The zero-order chi connectivity index (χ0) is 21.5. The summed E-state index contributed by atoms with van der Waals surface area (Å²) >= 11 is 2.86. The van der Waals surface area contributed by atoms with Gasteiger partial charge in [0.05, 0.1) is 23.4 Å². The zero-order valence-electron chi connectivity index (χ0n) is 16.7. The Kier molecular flexibility index (Phi) is 7.01. The van der Waals surface area contributed by atoms with Crippen LogP contribution in [0.2, 0.25) is 0 Å². The van der Waals surface area contributed by atoms with Crippen molar-refractivity contribution in [3.05, 3.63) is 82.2 Å². The van der Waals surface area contributed by atoms with Crippen LogP contribution in [-0.4, -0.2) is 34.8 Å². The van der Waals surface area contributed by atoms with E-state index >= 15 is 0 Å². The Hall–Kier alpha value is -3.10. The maximum atomic E-state index is 12.7. The molecule has 158 valence electrons. The maximum Gasteiger partial charge on any atom is 0.260 e. The van der Waals surface area contributed by atoms with Gasteiger partial charge in [-0.05, 0) is 17.7 Å². The molecule has 0 aliphatic rings. The Bertz CT molecular complexity index is 1210. The molecule has 4 rings (SSSR count). The normalized spacial score (nSPS) is 10.8. The number of rotatable bonds is 9. The second-order valence-corrected chi connectivity index (χ2v) is 8.56. The maximum absolute atomic E-state index is 12.7. The highest BCUT2D eigenvalue weighted by atomic mass is 32.2. The molecule has 0 atom stereocenters. The second-order valence-electron chi connectivity index (χ2n) is 6.71. The molecule has 6 nitrogen and oxygen atoms in total. The summed E-state index contributed by atoms with van der Waals surface area (Å²) in [5, 5.41) is 5.40. The Morgan fingerprint density at radius 2 is 1.84 bits per heavy atom. The smallest absolute Gasteiger partial charge is 0.260 e. The SMILES string of the molecule is O=C(CSCc1nc2scc(-c3ccccc3)c2c(=O)[nH]1)NCCOc1ccccc1. The molecule has 0 aliphatic carbocycles. The summed E-state index contributed by atoms with van der Waals surface area (Å²) in [6.45, 7) is 0.848. The quantitative estimate of drug-likeness (QED) is 0.375. The summed E-state index contributed by atoms with van der Waals surface area (Å²) in [6.07, 6.45) is 0. The average molecular weight is 452 g/mol. The van der Waals surface area contributed by atoms with Crippen molar-refractivity contribution in [3.63, 3.8) is 0 Å². The molecule has 0 unspecified atom stereocenters. The molecular weight excluding hydrogens is 430 g/mol. The first-order chi connectivity index (χ1) is 15.2. The number of fused-ring (bicyclic) bond motifs is 1. The Morgan fingerprint density at radius 1 is 1.10 bits per heavy atom. The number of aromatic nitrogens is 2. The molecule has 0 radical (unpaired) electrons. The molecular formula is C23H21N3O3S2. The number of hydrogen-bond donors (Lipinski definition) is 2. The summed E-state index contributed by atoms with van der Waals surface area (Å²) in [6, 6.07) is 19.3. The van der Waals surface area contributed by atoms with Gasteiger partial charge in [-0.1, -0.05) is 48.5 Å². The van der Waals surface area contributed by atoms with Crippen LogP contribution in [0.3, 0.4) is 0 Å². The number of carbonyl (C=O) groups excluding carboxylic acids is 1. The van der Waals surface area contributed by atoms with Crippen LogP contribution >= 0.6 is 23.1 Å². The number of thiophene rings is 1. The first-order valence-corrected chi connectivity index (χ1v) is 11.8. The summed E-state index contributed by atoms with van der Waals surface area (Å²) in [4.78, 5) is 32.8. The van der Waals surface area contributed by atoms with Gasteiger partial charge in [0.15, 0.2) is 0 Å². The molecule has 4 aromatic rings. The van der Waals surface area contributed by atoms with Crippen molar-refractivity contribution >= 4 is 39.2 Å². The average Bonchev–Trinajstić information content (AvgIpc) is 3.23. The van der Waals surface area contributed by atoms with Crippen LogP contribution in [0.1, 0.15) is 5.82 Å². The van der Waals surface area contributed by atoms with E-state index in [0.717, 1.165) is 16.9 Å². The Balaban J connectivity index is 1.27. The molecule has 2 aromatic carbocycles. The van der Waals surface area contributed by atoms with Crippen molar-refractivity contribution in [1.29, 1.82) is 0 Å². The molecule has 0 saturated heterocycles. The highest BCUT2D eigenvalue weighted by Gasteiger charge is 2.13. The predicted octanol–water partition coefficient (Wildman–Crippen LogP) is 4.08. The number of aromatic amines is 1. The summed E-state index contributed by atoms with van der Waals surface area (Å²) in [7, 11) is 0. The van der Waals surface area contributed by atoms with Crippen molar-refractivity contribution < 1.29 is 9.53 Å². The first kappa shape index (κ1) is 21.1. The van der Waals surface area contributed by atoms with Gasteiger partial charge in [0.2, 0.25) is 5.91 Å². The van der Waals surface area contributed by atoms with E-state index in [0.29, 0.717) is 34.9 Å². The third kappa shape index (κ3) is 5.53. The van der Waals surface area contributed by atoms with Gasteiger partial charge in [0.25, 0.3) is 5.56 Å². The van der Waals surface area contributed by atoms with Gasteiger partial charge in [-0.2, -0.15) is 0 Å². The minimum absolute atomic E-state index is 0.0763. The van der Waals surface area contributed by atoms with Gasteiger partial charge in [-0.3, -0.25) is 9.59 Å². The highest BCUT2D eigenvalue weighted by Crippen LogP contribution is 2.30. The van der Waals surface area contributed by atoms with Gasteiger partial charge < -0.3 is 15.0 Å². The number of hydrogen-bond acceptors (Lipinski definition) is 6. The Labute approximate surface area is 187 Å². The molecule has 0 spiro atoms. The minimum Gasteiger partial charge on any atom is -0.492 e. The molecule has 2 N–H and O–H groups in total. The second kappa shape index (κ2) is 10.3. The molecule has 2 heterocycles. The van der Waals surface area contributed by atoms with Crippen molar-refractivity contribution in [3.8, 4) is 16.9 Å². The van der Waals surface area contributed by atoms with Crippen molar-refractivity contribution in [2.75, 3.05) is 18.9 Å². The van der Waals surface area contributed by atoms with Gasteiger partial charge >= 0.3 is 0 Å². The number of carbonyl (C=O) groups is 1. The number of benzene rings is 2. The minimum atomic E-state index is -0.150. The van der Waals surface area contributed by atoms with Gasteiger partial charge in [0, 0.05) is 10.9 Å². The van der Waals surface area contributed by atoms with Crippen molar-refractivity contribution in [2.45, 2.75) is 5.75 Å². The summed E-state index contributed by atoms with van der Waals surface area (Å²) in [5.41, 5.74) is 1.74. The number of amides is 1. The number of nitrogens with one attached hydrogen (secondary N) is 2. The van der Waals surface area contributed by atoms with E-state index in [1.807, 2.05) is 66.0 Å². The van der Waals surface area contributed by atoms with E-state index in [4.69, 9.17) is 4.74 Å². The lowest BCUT2D eigenvalue weighted by Gasteiger charge is -2.07. The zero-order valence-corrected chi connectivity index (χ0v) is 18.3. The van der Waals surface area contributed by atoms with Crippen molar-refractivity contribution in [2.24, 2.45) is 0 Å². The van der Waals surface area contributed by atoms with E-state index in [-0.39, 0.29) is 17.2 Å². The number of ether oxygens (including phenoxy) is 1. The molecule has 8 heteroatoms. The fourth-order valence-electron chi connectivity index (χ4n) is 3.06. The summed E-state index contributed by atoms with van der Waals surface area (Å²) < 4.78 is 5.55. The molecule has 2 aromatic heterocycles. The third-order valence-corrected chi connectivity index (χ3v) is 6.30. The fourth-order valence-corrected chi connectivity index (χ4v) is 4.75. The number of nitrogens with zero attached hydrogens (tertiary/aromatic N) is 1. The van der Waals surface area contributed by atoms with Crippen LogP contribution in [0.25, 0.3) is 21.3 Å². The Morgan fingerprint density at radius 3 is 2.61 bits per heavy atom. The lowest BCUT2D eigenvalue weighted by molar-refractivity contribution is -0.118. The van der Waals surface area contributed by atoms with Crippen molar-refractivity contribution in [1.82, 2.24) is 15.3 Å². The van der Waals surface area contributed by atoms with Crippen LogP contribution in [0, 0.1) is 0 Å². The van der Waals surface area contributed by atoms with Gasteiger partial charge in [-0.15, -0.1) is 23.1 Å². The summed E-state index contributed by atoms with van der Waals surface area (Å²) in [5.74, 6) is 2.02. The molecule has 0 fully saturated rings. The van der Waals surface area contributed by atoms with E-state index in [9.17, 15) is 9.59 Å². The van der Waals surface area contributed by atoms with E-state index in [1.54, 1.807) is 0 Å². The topological polar surface area (TPSA) is 84.1 Å². The highest BCUT2D eigenvalue weighted by molar-refractivity contribution is 7.99. The lowest BCUT2D eigenvalue weighted by Crippen LogP contribution is -2.29.